The molecule has 0 spiro atoms. The van der Waals surface area contributed by atoms with Gasteiger partial charge in [-0.2, -0.15) is 11.8 Å². The van der Waals surface area contributed by atoms with Crippen LogP contribution in [0.3, 0.4) is 0 Å². The van der Waals surface area contributed by atoms with Crippen molar-refractivity contribution in [1.82, 2.24) is 10.6 Å². The molecule has 2 aromatic rings. The summed E-state index contributed by atoms with van der Waals surface area (Å²) in [6, 6.07) is 19.0. The molecule has 2 N–H and O–H groups in total. The largest absolute Gasteiger partial charge is 0.362 e. The number of hydrogen-bond acceptors (Lipinski definition) is 2. The summed E-state index contributed by atoms with van der Waals surface area (Å²) in [7, 11) is 0. The van der Waals surface area contributed by atoms with Crippen molar-refractivity contribution in [3.8, 4) is 0 Å². The monoisotopic (exact) mass is 330 g/mol. The van der Waals surface area contributed by atoms with Crippen molar-refractivity contribution in [3.05, 3.63) is 71.3 Å². The van der Waals surface area contributed by atoms with Gasteiger partial charge in [0.2, 0.25) is 0 Å². The molecule has 0 atom stereocenters. The Kier molecular flexibility index (Phi) is 7.26. The molecule has 2 nitrogen and oxygen atoms in total. The van der Waals surface area contributed by atoms with Gasteiger partial charge in [-0.3, -0.25) is 0 Å². The lowest BCUT2D eigenvalue weighted by molar-refractivity contribution is 0.858. The first-order chi connectivity index (χ1) is 10.7. The zero-order valence-electron chi connectivity index (χ0n) is 12.8. The average Bonchev–Trinajstić information content (AvgIpc) is 2.55. The van der Waals surface area contributed by atoms with Gasteiger partial charge in [0.15, 0.2) is 5.11 Å². The summed E-state index contributed by atoms with van der Waals surface area (Å²) in [5, 5.41) is 7.19. The summed E-state index contributed by atoms with van der Waals surface area (Å²) >= 11 is 7.20. The van der Waals surface area contributed by atoms with Crippen LogP contribution in [0.1, 0.15) is 16.7 Å². The Balaban J connectivity index is 1.54. The minimum Gasteiger partial charge on any atom is -0.362 e. The maximum absolute atomic E-state index is 5.28. The van der Waals surface area contributed by atoms with Crippen LogP contribution < -0.4 is 10.6 Å². The fourth-order valence-corrected chi connectivity index (χ4v) is 2.94. The van der Waals surface area contributed by atoms with Gasteiger partial charge in [0.25, 0.3) is 0 Å². The zero-order valence-corrected chi connectivity index (χ0v) is 14.5. The van der Waals surface area contributed by atoms with Crippen LogP contribution in [0, 0.1) is 6.92 Å². The first-order valence-corrected chi connectivity index (χ1v) is 8.99. The highest BCUT2D eigenvalue weighted by atomic mass is 32.2. The fraction of sp³-hybridized carbons (Fsp3) is 0.278. The number of thioether (sulfide) groups is 1. The maximum atomic E-state index is 5.28. The van der Waals surface area contributed by atoms with Crippen molar-refractivity contribution >= 4 is 29.1 Å². The molecule has 0 saturated heterocycles. The van der Waals surface area contributed by atoms with E-state index in [1.54, 1.807) is 0 Å². The quantitative estimate of drug-likeness (QED) is 0.594. The molecule has 0 heterocycles. The van der Waals surface area contributed by atoms with Crippen LogP contribution in [0.25, 0.3) is 0 Å². The van der Waals surface area contributed by atoms with Gasteiger partial charge in [0.05, 0.1) is 0 Å². The van der Waals surface area contributed by atoms with Crippen molar-refractivity contribution < 1.29 is 0 Å². The molecule has 4 heteroatoms. The molecule has 0 aliphatic carbocycles. The lowest BCUT2D eigenvalue weighted by Gasteiger charge is -2.10. The Labute approximate surface area is 142 Å². The SMILES string of the molecule is Cc1ccc(CSCCNC(=S)NCc2ccccc2)cc1. The van der Waals surface area contributed by atoms with Gasteiger partial charge in [-0.25, -0.2) is 0 Å². The Hall–Kier alpha value is -1.52. The Morgan fingerprint density at radius 1 is 0.955 bits per heavy atom. The summed E-state index contributed by atoms with van der Waals surface area (Å²) in [4.78, 5) is 0. The van der Waals surface area contributed by atoms with Gasteiger partial charge in [-0.05, 0) is 30.3 Å². The number of thiocarbonyl (C=S) groups is 1. The second-order valence-electron chi connectivity index (χ2n) is 5.13. The number of rotatable bonds is 7. The van der Waals surface area contributed by atoms with Crippen LogP contribution in [0.2, 0.25) is 0 Å². The summed E-state index contributed by atoms with van der Waals surface area (Å²) in [6.45, 7) is 3.77. The lowest BCUT2D eigenvalue weighted by atomic mass is 10.2. The molecule has 2 rings (SSSR count). The topological polar surface area (TPSA) is 24.1 Å². The van der Waals surface area contributed by atoms with Crippen LogP contribution in [-0.4, -0.2) is 17.4 Å². The van der Waals surface area contributed by atoms with Crippen LogP contribution in [0.5, 0.6) is 0 Å². The Morgan fingerprint density at radius 2 is 1.68 bits per heavy atom. The van der Waals surface area contributed by atoms with Gasteiger partial charge in [-0.15, -0.1) is 0 Å². The molecule has 0 unspecified atom stereocenters. The second kappa shape index (κ2) is 9.49. The number of aryl methyl sites for hydroxylation is 1. The molecule has 0 saturated carbocycles. The molecule has 116 valence electrons. The molecule has 2 aromatic carbocycles. The van der Waals surface area contributed by atoms with E-state index in [0.29, 0.717) is 0 Å². The van der Waals surface area contributed by atoms with E-state index in [0.717, 1.165) is 29.7 Å². The third-order valence-corrected chi connectivity index (χ3v) is 4.54. The number of nitrogens with one attached hydrogen (secondary N) is 2. The van der Waals surface area contributed by atoms with Gasteiger partial charge >= 0.3 is 0 Å². The Bertz CT molecular complexity index is 567. The van der Waals surface area contributed by atoms with Crippen LogP contribution >= 0.6 is 24.0 Å². The van der Waals surface area contributed by atoms with E-state index < -0.39 is 0 Å². The predicted molar refractivity (Wildman–Crippen MR) is 101 cm³/mol. The summed E-state index contributed by atoms with van der Waals surface area (Å²) < 4.78 is 0. The summed E-state index contributed by atoms with van der Waals surface area (Å²) in [5.74, 6) is 2.09. The molecule has 0 radical (unpaired) electrons. The number of benzene rings is 2. The lowest BCUT2D eigenvalue weighted by Crippen LogP contribution is -2.35. The van der Waals surface area contributed by atoms with Gasteiger partial charge < -0.3 is 10.6 Å². The van der Waals surface area contributed by atoms with Gasteiger partial charge in [0.1, 0.15) is 0 Å². The molecule has 0 aliphatic heterocycles. The molecular formula is C18H22N2S2. The minimum absolute atomic E-state index is 0.722. The molecule has 22 heavy (non-hydrogen) atoms. The molecule has 0 aromatic heterocycles. The second-order valence-corrected chi connectivity index (χ2v) is 6.65. The smallest absolute Gasteiger partial charge is 0.166 e. The maximum Gasteiger partial charge on any atom is 0.166 e. The highest BCUT2D eigenvalue weighted by Crippen LogP contribution is 2.12. The molecular weight excluding hydrogens is 308 g/mol. The van der Waals surface area contributed by atoms with E-state index in [4.69, 9.17) is 12.2 Å². The van der Waals surface area contributed by atoms with E-state index in [1.807, 2.05) is 30.0 Å². The van der Waals surface area contributed by atoms with Crippen molar-refractivity contribution in [1.29, 1.82) is 0 Å². The van der Waals surface area contributed by atoms with Crippen LogP contribution in [-0.2, 0) is 12.3 Å². The highest BCUT2D eigenvalue weighted by molar-refractivity contribution is 7.98. The first-order valence-electron chi connectivity index (χ1n) is 7.43. The normalized spacial score (nSPS) is 10.2. The average molecular weight is 331 g/mol. The predicted octanol–water partition coefficient (Wildman–Crippen LogP) is 3.89. The number of hydrogen-bond donors (Lipinski definition) is 2. The minimum atomic E-state index is 0.722. The standard InChI is InChI=1S/C18H22N2S2/c1-15-7-9-17(10-8-15)14-22-12-11-19-18(21)20-13-16-5-3-2-4-6-16/h2-10H,11-14H2,1H3,(H2,19,20,21). The van der Waals surface area contributed by atoms with E-state index in [2.05, 4.69) is 54.0 Å². The third kappa shape index (κ3) is 6.50. The van der Waals surface area contributed by atoms with Crippen molar-refractivity contribution in [2.24, 2.45) is 0 Å². The fourth-order valence-electron chi connectivity index (χ4n) is 1.95. The van der Waals surface area contributed by atoms with Crippen LogP contribution in [0.15, 0.2) is 54.6 Å². The molecule has 0 fully saturated rings. The molecule has 0 amide bonds. The first kappa shape index (κ1) is 16.8. The highest BCUT2D eigenvalue weighted by Gasteiger charge is 1.97. The summed E-state index contributed by atoms with van der Waals surface area (Å²) in [6.07, 6.45) is 0. The van der Waals surface area contributed by atoms with E-state index in [-0.39, 0.29) is 0 Å². The summed E-state index contributed by atoms with van der Waals surface area (Å²) in [5.41, 5.74) is 3.92. The van der Waals surface area contributed by atoms with Crippen LogP contribution in [0.4, 0.5) is 0 Å². The van der Waals surface area contributed by atoms with E-state index in [9.17, 15) is 0 Å². The van der Waals surface area contributed by atoms with Crippen molar-refractivity contribution in [2.45, 2.75) is 19.2 Å². The van der Waals surface area contributed by atoms with Crippen molar-refractivity contribution in [3.63, 3.8) is 0 Å². The molecule has 0 aliphatic rings. The van der Waals surface area contributed by atoms with Gasteiger partial charge in [0, 0.05) is 24.6 Å². The zero-order chi connectivity index (χ0) is 15.6. The molecule has 0 bridgehead atoms. The van der Waals surface area contributed by atoms with Gasteiger partial charge in [-0.1, -0.05) is 60.2 Å². The van der Waals surface area contributed by atoms with Crippen molar-refractivity contribution in [2.75, 3.05) is 12.3 Å². The van der Waals surface area contributed by atoms with E-state index in [1.165, 1.54) is 16.7 Å². The Morgan fingerprint density at radius 3 is 2.41 bits per heavy atom. The van der Waals surface area contributed by atoms with E-state index >= 15 is 0 Å². The third-order valence-electron chi connectivity index (χ3n) is 3.22.